The van der Waals surface area contributed by atoms with Gasteiger partial charge in [0.25, 0.3) is 0 Å². The first-order chi connectivity index (χ1) is 12.6. The highest BCUT2D eigenvalue weighted by molar-refractivity contribution is 6.31. The molecule has 27 heavy (non-hydrogen) atoms. The van der Waals surface area contributed by atoms with Crippen LogP contribution in [0, 0.1) is 0 Å². The fourth-order valence-corrected chi connectivity index (χ4v) is 2.14. The minimum absolute atomic E-state index is 0.0635. The molecular formula is C15H16ClF3N6O2. The molecule has 2 amide bonds. The van der Waals surface area contributed by atoms with Crippen molar-refractivity contribution in [2.45, 2.75) is 12.7 Å². The number of hydrogen-bond acceptors (Lipinski definition) is 6. The molecule has 0 unspecified atom stereocenters. The fourth-order valence-electron chi connectivity index (χ4n) is 1.91. The van der Waals surface area contributed by atoms with Crippen molar-refractivity contribution in [2.75, 3.05) is 31.4 Å². The molecule has 0 aliphatic rings. The first-order valence-electron chi connectivity index (χ1n) is 7.48. The van der Waals surface area contributed by atoms with Crippen molar-refractivity contribution < 1.29 is 22.7 Å². The van der Waals surface area contributed by atoms with Gasteiger partial charge in [0, 0.05) is 19.8 Å². The van der Waals surface area contributed by atoms with E-state index in [9.17, 15) is 18.0 Å². The number of rotatable bonds is 5. The van der Waals surface area contributed by atoms with Crippen LogP contribution in [0.3, 0.4) is 0 Å². The molecular weight excluding hydrogens is 389 g/mol. The Morgan fingerprint density at radius 3 is 2.56 bits per heavy atom. The van der Waals surface area contributed by atoms with E-state index >= 15 is 0 Å². The van der Waals surface area contributed by atoms with Gasteiger partial charge in [0.2, 0.25) is 5.95 Å². The summed E-state index contributed by atoms with van der Waals surface area (Å²) < 4.78 is 43.5. The fraction of sp³-hybridized carbons (Fsp3) is 0.333. The van der Waals surface area contributed by atoms with Gasteiger partial charge >= 0.3 is 18.2 Å². The molecule has 0 radical (unpaired) electrons. The third-order valence-electron chi connectivity index (χ3n) is 3.17. The van der Waals surface area contributed by atoms with Crippen molar-refractivity contribution in [3.05, 3.63) is 34.6 Å². The van der Waals surface area contributed by atoms with Gasteiger partial charge in [0.1, 0.15) is 0 Å². The average molecular weight is 405 g/mol. The van der Waals surface area contributed by atoms with Crippen molar-refractivity contribution in [1.29, 1.82) is 0 Å². The number of hydrogen-bond donors (Lipinski definition) is 2. The van der Waals surface area contributed by atoms with E-state index in [1.54, 1.807) is 19.0 Å². The summed E-state index contributed by atoms with van der Waals surface area (Å²) in [5.41, 5.74) is -1.11. The maximum absolute atomic E-state index is 12.9. The number of nitrogens with zero attached hydrogens (tertiary/aromatic N) is 4. The lowest BCUT2D eigenvalue weighted by Crippen LogP contribution is -2.29. The Morgan fingerprint density at radius 2 is 1.96 bits per heavy atom. The van der Waals surface area contributed by atoms with Gasteiger partial charge in [-0.1, -0.05) is 11.6 Å². The monoisotopic (exact) mass is 404 g/mol. The predicted molar refractivity (Wildman–Crippen MR) is 93.0 cm³/mol. The largest absolute Gasteiger partial charge is 0.467 e. The minimum Gasteiger partial charge on any atom is -0.467 e. The van der Waals surface area contributed by atoms with Crippen LogP contribution in [0.25, 0.3) is 0 Å². The number of halogens is 4. The molecule has 2 aromatic rings. The summed E-state index contributed by atoms with van der Waals surface area (Å²) in [4.78, 5) is 25.7. The number of alkyl halides is 3. The van der Waals surface area contributed by atoms with E-state index in [-0.39, 0.29) is 24.1 Å². The highest BCUT2D eigenvalue weighted by Gasteiger charge is 2.33. The Balaban J connectivity index is 2.06. The molecule has 0 bridgehead atoms. The third kappa shape index (κ3) is 5.58. The number of carbonyl (C=O) groups is 1. The lowest BCUT2D eigenvalue weighted by Gasteiger charge is -2.13. The van der Waals surface area contributed by atoms with Crippen molar-refractivity contribution in [1.82, 2.24) is 20.3 Å². The summed E-state index contributed by atoms with van der Waals surface area (Å²) >= 11 is 5.54. The molecule has 0 fully saturated rings. The summed E-state index contributed by atoms with van der Waals surface area (Å²) in [7, 11) is 4.83. The van der Waals surface area contributed by atoms with E-state index < -0.39 is 22.8 Å². The van der Waals surface area contributed by atoms with E-state index in [1.807, 2.05) is 0 Å². The first kappa shape index (κ1) is 20.5. The summed E-state index contributed by atoms with van der Waals surface area (Å²) in [6, 6.07) is 2.39. The lowest BCUT2D eigenvalue weighted by atomic mass is 10.2. The Morgan fingerprint density at radius 1 is 1.26 bits per heavy atom. The number of carbonyl (C=O) groups excluding carboxylic acids is 1. The van der Waals surface area contributed by atoms with Crippen LogP contribution >= 0.6 is 11.6 Å². The second-order valence-corrected chi connectivity index (χ2v) is 5.84. The molecule has 0 aliphatic heterocycles. The smallest absolute Gasteiger partial charge is 0.417 e. The van der Waals surface area contributed by atoms with Gasteiger partial charge in [-0.2, -0.15) is 28.1 Å². The third-order valence-corrected chi connectivity index (χ3v) is 3.50. The van der Waals surface area contributed by atoms with Crippen molar-refractivity contribution >= 4 is 29.3 Å². The van der Waals surface area contributed by atoms with Gasteiger partial charge in [-0.25, -0.2) is 4.79 Å². The van der Waals surface area contributed by atoms with Gasteiger partial charge in [0.05, 0.1) is 24.2 Å². The van der Waals surface area contributed by atoms with Crippen LogP contribution < -0.4 is 20.3 Å². The zero-order chi connectivity index (χ0) is 20.2. The molecule has 12 heteroatoms. The molecule has 2 rings (SSSR count). The number of methoxy groups -OCH3 is 1. The Bertz CT molecular complexity index is 832. The van der Waals surface area contributed by atoms with Crippen LogP contribution in [0.15, 0.2) is 18.2 Å². The van der Waals surface area contributed by atoms with E-state index in [0.29, 0.717) is 5.95 Å². The number of ether oxygens (including phenoxy) is 1. The zero-order valence-corrected chi connectivity index (χ0v) is 15.3. The number of amides is 2. The molecule has 1 aromatic carbocycles. The predicted octanol–water partition coefficient (Wildman–Crippen LogP) is 2.94. The van der Waals surface area contributed by atoms with E-state index in [2.05, 4.69) is 25.6 Å². The highest BCUT2D eigenvalue weighted by Crippen LogP contribution is 2.36. The lowest BCUT2D eigenvalue weighted by molar-refractivity contribution is -0.137. The molecule has 0 spiro atoms. The summed E-state index contributed by atoms with van der Waals surface area (Å²) in [6.45, 7) is -0.0920. The van der Waals surface area contributed by atoms with Crippen LogP contribution in [-0.2, 0) is 12.7 Å². The summed E-state index contributed by atoms with van der Waals surface area (Å²) in [6.07, 6.45) is -4.63. The quantitative estimate of drug-likeness (QED) is 0.796. The van der Waals surface area contributed by atoms with Crippen LogP contribution in [0.2, 0.25) is 5.02 Å². The van der Waals surface area contributed by atoms with Gasteiger partial charge in [-0.05, 0) is 18.2 Å². The SMILES string of the molecule is COc1nc(CNC(=O)Nc2ccc(Cl)c(C(F)(F)F)c2)nc(N(C)C)n1. The van der Waals surface area contributed by atoms with Crippen molar-refractivity contribution in [3.8, 4) is 6.01 Å². The number of anilines is 2. The minimum atomic E-state index is -4.63. The first-order valence-corrected chi connectivity index (χ1v) is 7.86. The average Bonchev–Trinajstić information content (AvgIpc) is 2.60. The number of benzene rings is 1. The highest BCUT2D eigenvalue weighted by atomic mass is 35.5. The van der Waals surface area contributed by atoms with E-state index in [1.165, 1.54) is 13.2 Å². The zero-order valence-electron chi connectivity index (χ0n) is 14.6. The Hall–Kier alpha value is -2.82. The second kappa shape index (κ2) is 8.25. The van der Waals surface area contributed by atoms with E-state index in [4.69, 9.17) is 16.3 Å². The molecule has 0 atom stereocenters. The topological polar surface area (TPSA) is 92.3 Å². The molecule has 0 aliphatic carbocycles. The molecule has 2 N–H and O–H groups in total. The summed E-state index contributed by atoms with van der Waals surface area (Å²) in [5, 5.41) is 4.29. The Kier molecular flexibility index (Phi) is 6.26. The van der Waals surface area contributed by atoms with Gasteiger partial charge in [-0.15, -0.1) is 0 Å². The summed E-state index contributed by atoms with van der Waals surface area (Å²) in [5.74, 6) is 0.541. The van der Waals surface area contributed by atoms with E-state index in [0.717, 1.165) is 12.1 Å². The van der Waals surface area contributed by atoms with Crippen molar-refractivity contribution in [3.63, 3.8) is 0 Å². The van der Waals surface area contributed by atoms with Crippen LogP contribution in [0.4, 0.5) is 29.6 Å². The van der Waals surface area contributed by atoms with Crippen molar-refractivity contribution in [2.24, 2.45) is 0 Å². The molecule has 146 valence electrons. The number of urea groups is 1. The normalized spacial score (nSPS) is 11.1. The molecule has 1 heterocycles. The standard InChI is InChI=1S/C15H16ClF3N6O2/c1-25(2)12-22-11(23-14(24-12)27-3)7-20-13(26)21-8-4-5-10(16)9(6-8)15(17,18)19/h4-6H,7H2,1-3H3,(H2,20,21,26). The second-order valence-electron chi connectivity index (χ2n) is 5.43. The molecule has 8 nitrogen and oxygen atoms in total. The molecule has 1 aromatic heterocycles. The maximum Gasteiger partial charge on any atom is 0.417 e. The van der Waals surface area contributed by atoms with Crippen LogP contribution in [0.1, 0.15) is 11.4 Å². The number of nitrogens with one attached hydrogen (secondary N) is 2. The Labute approximate surface area is 157 Å². The van der Waals surface area contributed by atoms with Gasteiger partial charge in [-0.3, -0.25) is 0 Å². The molecule has 0 saturated heterocycles. The van der Waals surface area contributed by atoms with Crippen LogP contribution in [0.5, 0.6) is 6.01 Å². The number of aromatic nitrogens is 3. The van der Waals surface area contributed by atoms with Crippen LogP contribution in [-0.4, -0.2) is 42.2 Å². The van der Waals surface area contributed by atoms with Gasteiger partial charge in [0.15, 0.2) is 5.82 Å². The molecule has 0 saturated carbocycles. The van der Waals surface area contributed by atoms with Gasteiger partial charge < -0.3 is 20.3 Å². The maximum atomic E-state index is 12.9.